The molecule has 0 bridgehead atoms. The number of fused-ring (bicyclic) bond motifs is 1. The molecule has 0 atom stereocenters. The van der Waals surface area contributed by atoms with Crippen LogP contribution in [0.25, 0.3) is 10.9 Å². The number of hydrogen-bond acceptors (Lipinski definition) is 2. The molecule has 3 rings (SSSR count). The number of hydrogen-bond donors (Lipinski definition) is 1. The van der Waals surface area contributed by atoms with E-state index >= 15 is 0 Å². The Hall–Kier alpha value is -2.07. The number of halogens is 1. The van der Waals surface area contributed by atoms with Gasteiger partial charge < -0.3 is 14.3 Å². The maximum atomic E-state index is 13.5. The molecule has 0 aliphatic carbocycles. The van der Waals surface area contributed by atoms with E-state index in [1.54, 1.807) is 18.6 Å². The van der Waals surface area contributed by atoms with Crippen LogP contribution in [0.3, 0.4) is 0 Å². The quantitative estimate of drug-likeness (QED) is 0.712. The third-order valence-electron chi connectivity index (χ3n) is 3.20. The Balaban J connectivity index is 1.61. The molecule has 1 N–H and O–H groups in total. The van der Waals surface area contributed by atoms with E-state index in [2.05, 4.69) is 9.88 Å². The van der Waals surface area contributed by atoms with Crippen molar-refractivity contribution in [1.82, 2.24) is 9.88 Å². The van der Waals surface area contributed by atoms with Gasteiger partial charge in [0.1, 0.15) is 5.82 Å². The Labute approximate surface area is 110 Å². The largest absolute Gasteiger partial charge is 0.472 e. The van der Waals surface area contributed by atoms with Crippen molar-refractivity contribution in [1.29, 1.82) is 0 Å². The standard InChI is InChI=1S/C15H15FN2O/c16-14-2-1-3-15-13(14)4-7-18(15)8-6-17-10-12-5-9-19-11-12/h1-5,7,9,11,17H,6,8,10H2. The summed E-state index contributed by atoms with van der Waals surface area (Å²) >= 11 is 0. The Morgan fingerprint density at radius 1 is 1.21 bits per heavy atom. The molecule has 0 saturated carbocycles. The zero-order valence-corrected chi connectivity index (χ0v) is 10.5. The predicted octanol–water partition coefficient (Wildman–Crippen LogP) is 3.16. The smallest absolute Gasteiger partial charge is 0.132 e. The number of benzene rings is 1. The first-order valence-corrected chi connectivity index (χ1v) is 6.30. The van der Waals surface area contributed by atoms with Crippen LogP contribution in [-0.2, 0) is 13.1 Å². The average molecular weight is 258 g/mol. The number of nitrogens with one attached hydrogen (secondary N) is 1. The molecule has 0 amide bonds. The van der Waals surface area contributed by atoms with Gasteiger partial charge in [0.2, 0.25) is 0 Å². The Morgan fingerprint density at radius 2 is 2.16 bits per heavy atom. The molecule has 0 fully saturated rings. The first-order chi connectivity index (χ1) is 9.34. The Morgan fingerprint density at radius 3 is 3.00 bits per heavy atom. The number of rotatable bonds is 5. The molecule has 1 aromatic carbocycles. The van der Waals surface area contributed by atoms with Crippen molar-refractivity contribution in [3.8, 4) is 0 Å². The molecule has 3 nitrogen and oxygen atoms in total. The van der Waals surface area contributed by atoms with Gasteiger partial charge in [0.15, 0.2) is 0 Å². The van der Waals surface area contributed by atoms with E-state index in [1.807, 2.05) is 24.4 Å². The second-order valence-electron chi connectivity index (χ2n) is 4.49. The molecule has 0 aliphatic heterocycles. The molecule has 4 heteroatoms. The molecule has 0 aliphatic rings. The van der Waals surface area contributed by atoms with Gasteiger partial charge in [0.25, 0.3) is 0 Å². The van der Waals surface area contributed by atoms with Crippen molar-refractivity contribution in [3.05, 3.63) is 60.4 Å². The molecule has 98 valence electrons. The highest BCUT2D eigenvalue weighted by molar-refractivity contribution is 5.80. The highest BCUT2D eigenvalue weighted by Crippen LogP contribution is 2.18. The summed E-state index contributed by atoms with van der Waals surface area (Å²) in [5.41, 5.74) is 2.06. The topological polar surface area (TPSA) is 30.1 Å². The zero-order chi connectivity index (χ0) is 13.1. The van der Waals surface area contributed by atoms with Crippen molar-refractivity contribution in [2.24, 2.45) is 0 Å². The highest BCUT2D eigenvalue weighted by Gasteiger charge is 2.04. The third kappa shape index (κ3) is 2.53. The Bertz CT molecular complexity index is 658. The first-order valence-electron chi connectivity index (χ1n) is 6.30. The number of aromatic nitrogens is 1. The molecule has 2 aromatic heterocycles. The summed E-state index contributed by atoms with van der Waals surface area (Å²) in [5, 5.41) is 4.01. The second kappa shape index (κ2) is 5.28. The van der Waals surface area contributed by atoms with Gasteiger partial charge in [-0.15, -0.1) is 0 Å². The van der Waals surface area contributed by atoms with Gasteiger partial charge in [0, 0.05) is 36.8 Å². The molecule has 0 saturated heterocycles. The van der Waals surface area contributed by atoms with Gasteiger partial charge in [-0.05, 0) is 24.3 Å². The summed E-state index contributed by atoms with van der Waals surface area (Å²) in [4.78, 5) is 0. The summed E-state index contributed by atoms with van der Waals surface area (Å²) in [7, 11) is 0. The maximum Gasteiger partial charge on any atom is 0.132 e. The molecular weight excluding hydrogens is 243 g/mol. The van der Waals surface area contributed by atoms with Crippen LogP contribution in [0.1, 0.15) is 5.56 Å². The zero-order valence-electron chi connectivity index (χ0n) is 10.5. The Kier molecular flexibility index (Phi) is 3.33. The van der Waals surface area contributed by atoms with Crippen molar-refractivity contribution in [2.45, 2.75) is 13.1 Å². The van der Waals surface area contributed by atoms with Gasteiger partial charge in [-0.25, -0.2) is 4.39 Å². The first kappa shape index (κ1) is 12.0. The van der Waals surface area contributed by atoms with Crippen LogP contribution in [-0.4, -0.2) is 11.1 Å². The summed E-state index contributed by atoms with van der Waals surface area (Å²) in [6.07, 6.45) is 5.32. The van der Waals surface area contributed by atoms with Crippen LogP contribution in [0.2, 0.25) is 0 Å². The van der Waals surface area contributed by atoms with Gasteiger partial charge in [-0.2, -0.15) is 0 Å². The minimum atomic E-state index is -0.164. The lowest BCUT2D eigenvalue weighted by Crippen LogP contribution is -2.18. The molecular formula is C15H15FN2O. The molecule has 19 heavy (non-hydrogen) atoms. The van der Waals surface area contributed by atoms with Crippen molar-refractivity contribution >= 4 is 10.9 Å². The van der Waals surface area contributed by atoms with Crippen LogP contribution in [0, 0.1) is 5.82 Å². The normalized spacial score (nSPS) is 11.2. The SMILES string of the molecule is Fc1cccc2c1ccn2CCNCc1ccoc1. The predicted molar refractivity (Wildman–Crippen MR) is 72.3 cm³/mol. The fourth-order valence-corrected chi connectivity index (χ4v) is 2.21. The number of nitrogens with zero attached hydrogens (tertiary/aromatic N) is 1. The molecule has 3 aromatic rings. The van der Waals surface area contributed by atoms with E-state index < -0.39 is 0 Å². The lowest BCUT2D eigenvalue weighted by molar-refractivity contribution is 0.557. The molecule has 0 unspecified atom stereocenters. The fourth-order valence-electron chi connectivity index (χ4n) is 2.21. The van der Waals surface area contributed by atoms with Gasteiger partial charge in [-0.3, -0.25) is 0 Å². The van der Waals surface area contributed by atoms with E-state index in [4.69, 9.17) is 4.42 Å². The van der Waals surface area contributed by atoms with E-state index in [9.17, 15) is 4.39 Å². The van der Waals surface area contributed by atoms with Crippen LogP contribution >= 0.6 is 0 Å². The van der Waals surface area contributed by atoms with E-state index in [1.165, 1.54) is 6.07 Å². The minimum absolute atomic E-state index is 0.164. The van der Waals surface area contributed by atoms with Crippen molar-refractivity contribution in [2.75, 3.05) is 6.54 Å². The molecule has 0 radical (unpaired) electrons. The number of furan rings is 1. The van der Waals surface area contributed by atoms with E-state index in [-0.39, 0.29) is 5.82 Å². The summed E-state index contributed by atoms with van der Waals surface area (Å²) in [6.45, 7) is 2.42. The fraction of sp³-hybridized carbons (Fsp3) is 0.200. The third-order valence-corrected chi connectivity index (χ3v) is 3.20. The van der Waals surface area contributed by atoms with Crippen LogP contribution in [0.5, 0.6) is 0 Å². The van der Waals surface area contributed by atoms with Crippen LogP contribution in [0.4, 0.5) is 4.39 Å². The molecule has 2 heterocycles. The maximum absolute atomic E-state index is 13.5. The van der Waals surface area contributed by atoms with Gasteiger partial charge >= 0.3 is 0 Å². The second-order valence-corrected chi connectivity index (χ2v) is 4.49. The summed E-state index contributed by atoms with van der Waals surface area (Å²) in [6, 6.07) is 8.93. The van der Waals surface area contributed by atoms with Gasteiger partial charge in [-0.1, -0.05) is 6.07 Å². The lowest BCUT2D eigenvalue weighted by atomic mass is 10.2. The summed E-state index contributed by atoms with van der Waals surface area (Å²) in [5.74, 6) is -0.164. The van der Waals surface area contributed by atoms with Crippen molar-refractivity contribution < 1.29 is 8.81 Å². The monoisotopic (exact) mass is 258 g/mol. The van der Waals surface area contributed by atoms with E-state index in [0.717, 1.165) is 30.7 Å². The van der Waals surface area contributed by atoms with Gasteiger partial charge in [0.05, 0.1) is 18.0 Å². The lowest BCUT2D eigenvalue weighted by Gasteiger charge is -2.06. The van der Waals surface area contributed by atoms with Crippen molar-refractivity contribution in [3.63, 3.8) is 0 Å². The highest BCUT2D eigenvalue weighted by atomic mass is 19.1. The van der Waals surface area contributed by atoms with Crippen LogP contribution in [0.15, 0.2) is 53.5 Å². The average Bonchev–Trinajstić information content (AvgIpc) is 3.05. The molecule has 0 spiro atoms. The minimum Gasteiger partial charge on any atom is -0.472 e. The summed E-state index contributed by atoms with van der Waals surface area (Å²) < 4.78 is 20.6. The van der Waals surface area contributed by atoms with Crippen LogP contribution < -0.4 is 5.32 Å². The van der Waals surface area contributed by atoms with E-state index in [0.29, 0.717) is 5.39 Å².